The van der Waals surface area contributed by atoms with Crippen molar-refractivity contribution in [3.8, 4) is 0 Å². The van der Waals surface area contributed by atoms with Crippen LogP contribution in [0.25, 0.3) is 0 Å². The minimum atomic E-state index is -0.185. The first-order valence-corrected chi connectivity index (χ1v) is 8.46. The summed E-state index contributed by atoms with van der Waals surface area (Å²) >= 11 is 0. The van der Waals surface area contributed by atoms with Crippen LogP contribution in [0.15, 0.2) is 24.3 Å². The molecule has 1 aromatic rings. The minimum Gasteiger partial charge on any atom is -0.324 e. The first-order chi connectivity index (χ1) is 10.2. The summed E-state index contributed by atoms with van der Waals surface area (Å²) in [5.74, 6) is 1.70. The van der Waals surface area contributed by atoms with Crippen molar-refractivity contribution in [3.63, 3.8) is 0 Å². The van der Waals surface area contributed by atoms with Gasteiger partial charge in [-0.05, 0) is 50.3 Å². The van der Waals surface area contributed by atoms with Gasteiger partial charge in [-0.2, -0.15) is 0 Å². The van der Waals surface area contributed by atoms with Crippen molar-refractivity contribution < 1.29 is 4.39 Å². The van der Waals surface area contributed by atoms with Gasteiger partial charge in [-0.1, -0.05) is 37.5 Å². The van der Waals surface area contributed by atoms with Gasteiger partial charge in [0.25, 0.3) is 0 Å². The predicted octanol–water partition coefficient (Wildman–Crippen LogP) is 3.73. The van der Waals surface area contributed by atoms with Crippen LogP contribution < -0.4 is 5.73 Å². The van der Waals surface area contributed by atoms with Gasteiger partial charge in [0.1, 0.15) is 5.82 Å². The molecule has 2 N–H and O–H groups in total. The molecule has 1 aliphatic heterocycles. The molecule has 1 heterocycles. The quantitative estimate of drug-likeness (QED) is 0.915. The maximum Gasteiger partial charge on any atom is 0.127 e. The van der Waals surface area contributed by atoms with Crippen molar-refractivity contribution in [1.82, 2.24) is 4.90 Å². The fourth-order valence-electron chi connectivity index (χ4n) is 4.13. The van der Waals surface area contributed by atoms with Crippen molar-refractivity contribution in [2.45, 2.75) is 44.6 Å². The van der Waals surface area contributed by atoms with Crippen LogP contribution in [0, 0.1) is 17.7 Å². The molecular weight excluding hydrogens is 263 g/mol. The topological polar surface area (TPSA) is 29.3 Å². The second kappa shape index (κ2) is 6.89. The van der Waals surface area contributed by atoms with Crippen LogP contribution in [0.3, 0.4) is 0 Å². The molecular formula is C18H27FN2. The summed E-state index contributed by atoms with van der Waals surface area (Å²) in [6, 6.07) is 6.72. The molecule has 0 radical (unpaired) electrons. The van der Waals surface area contributed by atoms with E-state index in [9.17, 15) is 4.39 Å². The zero-order valence-corrected chi connectivity index (χ0v) is 12.8. The van der Waals surface area contributed by atoms with E-state index in [1.165, 1.54) is 51.3 Å². The van der Waals surface area contributed by atoms with Gasteiger partial charge in [-0.15, -0.1) is 0 Å². The van der Waals surface area contributed by atoms with E-state index in [0.29, 0.717) is 5.56 Å². The highest BCUT2D eigenvalue weighted by molar-refractivity contribution is 5.20. The number of piperidine rings is 1. The Labute approximate surface area is 127 Å². The third-order valence-electron chi connectivity index (χ3n) is 5.44. The number of rotatable bonds is 4. The van der Waals surface area contributed by atoms with Crippen molar-refractivity contribution in [2.75, 3.05) is 19.6 Å². The van der Waals surface area contributed by atoms with Gasteiger partial charge in [0.15, 0.2) is 0 Å². The van der Waals surface area contributed by atoms with Crippen LogP contribution >= 0.6 is 0 Å². The Bertz CT molecular complexity index is 462. The average Bonchev–Trinajstić information content (AvgIpc) is 2.53. The maximum atomic E-state index is 13.7. The number of benzene rings is 1. The zero-order valence-electron chi connectivity index (χ0n) is 12.8. The number of nitrogens with zero attached hydrogens (tertiary/aromatic N) is 1. The average molecular weight is 290 g/mol. The Balaban J connectivity index is 1.50. The highest BCUT2D eigenvalue weighted by atomic mass is 19.1. The molecule has 0 aromatic heterocycles. The number of hydrogen-bond donors (Lipinski definition) is 1. The molecule has 0 amide bonds. The van der Waals surface area contributed by atoms with Crippen LogP contribution in [0.1, 0.15) is 50.1 Å². The van der Waals surface area contributed by atoms with Gasteiger partial charge in [0.05, 0.1) is 0 Å². The lowest BCUT2D eigenvalue weighted by molar-refractivity contribution is 0.0847. The molecule has 1 aromatic carbocycles. The van der Waals surface area contributed by atoms with E-state index < -0.39 is 0 Å². The van der Waals surface area contributed by atoms with E-state index in [4.69, 9.17) is 5.73 Å². The van der Waals surface area contributed by atoms with Crippen LogP contribution in [0.2, 0.25) is 0 Å². The smallest absolute Gasteiger partial charge is 0.127 e. The number of likely N-dealkylation sites (tertiary alicyclic amines) is 1. The zero-order chi connectivity index (χ0) is 14.7. The Morgan fingerprint density at radius 1 is 1.14 bits per heavy atom. The van der Waals surface area contributed by atoms with Gasteiger partial charge in [-0.25, -0.2) is 4.39 Å². The van der Waals surface area contributed by atoms with E-state index in [1.807, 2.05) is 12.1 Å². The maximum absolute atomic E-state index is 13.7. The molecule has 2 aliphatic rings. The molecule has 1 saturated heterocycles. The monoisotopic (exact) mass is 290 g/mol. The van der Waals surface area contributed by atoms with E-state index in [0.717, 1.165) is 24.8 Å². The summed E-state index contributed by atoms with van der Waals surface area (Å²) in [5.41, 5.74) is 6.84. The lowest BCUT2D eigenvalue weighted by Gasteiger charge is -2.41. The number of fused-ring (bicyclic) bond motifs is 1. The molecule has 0 spiro atoms. The van der Waals surface area contributed by atoms with E-state index in [1.54, 1.807) is 6.07 Å². The van der Waals surface area contributed by atoms with E-state index in [2.05, 4.69) is 4.90 Å². The molecule has 1 aliphatic carbocycles. The second-order valence-electron chi connectivity index (χ2n) is 6.81. The standard InChI is InChI=1S/C18H27FN2/c19-17-8-4-3-7-16(17)18(20)10-12-21-11-9-14-5-1-2-6-15(14)13-21/h3-4,7-8,14-15,18H,1-2,5-6,9-13,20H2. The van der Waals surface area contributed by atoms with Gasteiger partial charge < -0.3 is 10.6 Å². The van der Waals surface area contributed by atoms with Crippen molar-refractivity contribution in [1.29, 1.82) is 0 Å². The van der Waals surface area contributed by atoms with Gasteiger partial charge >= 0.3 is 0 Å². The molecule has 116 valence electrons. The molecule has 0 bridgehead atoms. The molecule has 3 unspecified atom stereocenters. The Kier molecular flexibility index (Phi) is 4.91. The van der Waals surface area contributed by atoms with Crippen molar-refractivity contribution in [2.24, 2.45) is 17.6 Å². The molecule has 3 heteroatoms. The van der Waals surface area contributed by atoms with Crippen molar-refractivity contribution in [3.05, 3.63) is 35.6 Å². The van der Waals surface area contributed by atoms with Crippen LogP contribution in [0.4, 0.5) is 4.39 Å². The van der Waals surface area contributed by atoms with Crippen molar-refractivity contribution >= 4 is 0 Å². The Morgan fingerprint density at radius 2 is 1.90 bits per heavy atom. The highest BCUT2D eigenvalue weighted by Crippen LogP contribution is 2.36. The first kappa shape index (κ1) is 15.0. The SMILES string of the molecule is NC(CCN1CCC2CCCCC2C1)c1ccccc1F. The second-order valence-corrected chi connectivity index (χ2v) is 6.81. The van der Waals surface area contributed by atoms with E-state index >= 15 is 0 Å². The van der Waals surface area contributed by atoms with Crippen LogP contribution in [0.5, 0.6) is 0 Å². The minimum absolute atomic E-state index is 0.170. The summed E-state index contributed by atoms with van der Waals surface area (Å²) < 4.78 is 13.7. The van der Waals surface area contributed by atoms with Gasteiger partial charge in [0, 0.05) is 18.2 Å². The normalized spacial score (nSPS) is 28.1. The highest BCUT2D eigenvalue weighted by Gasteiger charge is 2.30. The third kappa shape index (κ3) is 3.64. The fraction of sp³-hybridized carbons (Fsp3) is 0.667. The molecule has 3 atom stereocenters. The molecule has 2 fully saturated rings. The summed E-state index contributed by atoms with van der Waals surface area (Å²) in [5, 5.41) is 0. The summed E-state index contributed by atoms with van der Waals surface area (Å²) in [7, 11) is 0. The van der Waals surface area contributed by atoms with E-state index in [-0.39, 0.29) is 11.9 Å². The summed E-state index contributed by atoms with van der Waals surface area (Å²) in [6.07, 6.45) is 7.87. The number of halogens is 1. The summed E-state index contributed by atoms with van der Waals surface area (Å²) in [6.45, 7) is 3.43. The number of hydrogen-bond acceptors (Lipinski definition) is 2. The summed E-state index contributed by atoms with van der Waals surface area (Å²) in [4.78, 5) is 2.55. The lowest BCUT2D eigenvalue weighted by atomic mass is 9.75. The molecule has 2 nitrogen and oxygen atoms in total. The van der Waals surface area contributed by atoms with Gasteiger partial charge in [0.2, 0.25) is 0 Å². The lowest BCUT2D eigenvalue weighted by Crippen LogP contribution is -2.42. The Hall–Kier alpha value is -0.930. The first-order valence-electron chi connectivity index (χ1n) is 8.46. The van der Waals surface area contributed by atoms with Gasteiger partial charge in [-0.3, -0.25) is 0 Å². The van der Waals surface area contributed by atoms with Crippen LogP contribution in [-0.4, -0.2) is 24.5 Å². The van der Waals surface area contributed by atoms with Crippen LogP contribution in [-0.2, 0) is 0 Å². The largest absolute Gasteiger partial charge is 0.324 e. The fourth-order valence-corrected chi connectivity index (χ4v) is 4.13. The predicted molar refractivity (Wildman–Crippen MR) is 84.5 cm³/mol. The Morgan fingerprint density at radius 3 is 2.71 bits per heavy atom. The molecule has 1 saturated carbocycles. The number of nitrogens with two attached hydrogens (primary N) is 1. The molecule has 3 rings (SSSR count). The molecule has 21 heavy (non-hydrogen) atoms. The third-order valence-corrected chi connectivity index (χ3v) is 5.44.